The standard InChI is InChI=1S/C22H23N5O10P2/c28-22(13-4-2-1-3-5-13)26-20-19-21(24-11-23-20)27(12-25-19)18-7-16-17(35-18)10-34-39(30,31)37-15-6-14(32-8-15)9-33-38(29)36-16/h1-5,11-12,14-18H,6-10H2,(H-,23,24,26,28,30,31)/p+1. The van der Waals surface area contributed by atoms with Gasteiger partial charge in [-0.25, -0.2) is 19.5 Å². The van der Waals surface area contributed by atoms with Crippen molar-refractivity contribution < 1.29 is 46.4 Å². The van der Waals surface area contributed by atoms with Gasteiger partial charge in [0.15, 0.2) is 17.0 Å². The van der Waals surface area contributed by atoms with Crippen molar-refractivity contribution in [2.45, 2.75) is 43.5 Å². The summed E-state index contributed by atoms with van der Waals surface area (Å²) >= 11 is 0. The van der Waals surface area contributed by atoms with Crippen LogP contribution >= 0.6 is 16.1 Å². The molecule has 1 amide bonds. The van der Waals surface area contributed by atoms with Crippen molar-refractivity contribution >= 4 is 39.0 Å². The van der Waals surface area contributed by atoms with Gasteiger partial charge in [-0.1, -0.05) is 18.2 Å². The van der Waals surface area contributed by atoms with E-state index in [0.717, 1.165) is 0 Å². The van der Waals surface area contributed by atoms with Gasteiger partial charge in [0.1, 0.15) is 31.4 Å². The zero-order chi connectivity index (χ0) is 27.0. The molecule has 3 aliphatic heterocycles. The largest absolute Gasteiger partial charge is 0.697 e. The number of hydrogen-bond donors (Lipinski definition) is 2. The summed E-state index contributed by atoms with van der Waals surface area (Å²) in [4.78, 5) is 35.7. The summed E-state index contributed by atoms with van der Waals surface area (Å²) in [6, 6.07) is 8.65. The topological polar surface area (TPSA) is 182 Å². The maximum atomic E-state index is 12.6. The summed E-state index contributed by atoms with van der Waals surface area (Å²) in [5.41, 5.74) is 1.13. The molecular weight excluding hydrogens is 556 g/mol. The Bertz CT molecular complexity index is 1420. The Morgan fingerprint density at radius 1 is 1.08 bits per heavy atom. The molecule has 7 atom stereocenters. The van der Waals surface area contributed by atoms with Gasteiger partial charge in [-0.2, -0.15) is 0 Å². The predicted molar refractivity (Wildman–Crippen MR) is 132 cm³/mol. The van der Waals surface area contributed by atoms with Crippen molar-refractivity contribution in [3.05, 3.63) is 48.5 Å². The molecule has 0 radical (unpaired) electrons. The third kappa shape index (κ3) is 5.92. The number of carbonyl (C=O) groups is 1. The summed E-state index contributed by atoms with van der Waals surface area (Å²) in [5.74, 6) is -0.154. The predicted octanol–water partition coefficient (Wildman–Crippen LogP) is 2.73. The molecule has 7 unspecified atom stereocenters. The lowest BCUT2D eigenvalue weighted by molar-refractivity contribution is -0.0435. The Hall–Kier alpha value is -2.71. The van der Waals surface area contributed by atoms with E-state index in [4.69, 9.17) is 27.6 Å². The molecule has 2 N–H and O–H groups in total. The van der Waals surface area contributed by atoms with Crippen LogP contribution in [0.2, 0.25) is 0 Å². The SMILES string of the molecule is O=C(Nc1ncnc2c1ncn2C1CC2O[P+](=O)OCC3CC(CO3)OP(=O)(O)OCC2O1)c1ccccc1. The number of hydrogen-bond acceptors (Lipinski definition) is 12. The van der Waals surface area contributed by atoms with Crippen LogP contribution in [-0.2, 0) is 36.7 Å². The van der Waals surface area contributed by atoms with E-state index in [1.165, 1.54) is 12.7 Å². The number of ether oxygens (including phenoxy) is 2. The minimum absolute atomic E-state index is 0.0338. The van der Waals surface area contributed by atoms with Gasteiger partial charge in [-0.3, -0.25) is 18.4 Å². The number of rotatable bonds is 3. The Kier molecular flexibility index (Phi) is 7.51. The van der Waals surface area contributed by atoms with Gasteiger partial charge in [-0.05, 0) is 12.1 Å². The second-order valence-electron chi connectivity index (χ2n) is 9.08. The lowest BCUT2D eigenvalue weighted by Gasteiger charge is -2.19. The lowest BCUT2D eigenvalue weighted by atomic mass is 10.2. The molecule has 0 spiro atoms. The Morgan fingerprint density at radius 3 is 2.77 bits per heavy atom. The molecule has 3 fully saturated rings. The van der Waals surface area contributed by atoms with Crippen molar-refractivity contribution in [3.63, 3.8) is 0 Å². The molecular formula is C22H24N5O10P2+. The van der Waals surface area contributed by atoms with E-state index in [1.54, 1.807) is 34.9 Å². The minimum atomic E-state index is -4.44. The highest BCUT2D eigenvalue weighted by atomic mass is 31.2. The molecule has 0 aliphatic carbocycles. The van der Waals surface area contributed by atoms with Crippen LogP contribution in [-0.4, -0.2) is 74.6 Å². The van der Waals surface area contributed by atoms with Crippen molar-refractivity contribution in [2.24, 2.45) is 0 Å². The summed E-state index contributed by atoms with van der Waals surface area (Å²) in [6.45, 7) is -0.337. The van der Waals surface area contributed by atoms with E-state index >= 15 is 0 Å². The molecule has 2 aromatic heterocycles. The quantitative estimate of drug-likeness (QED) is 0.432. The van der Waals surface area contributed by atoms with Gasteiger partial charge in [0, 0.05) is 23.0 Å². The van der Waals surface area contributed by atoms with Gasteiger partial charge in [0.05, 0.1) is 31.7 Å². The zero-order valence-electron chi connectivity index (χ0n) is 20.3. The first kappa shape index (κ1) is 26.5. The Labute approximate surface area is 222 Å². The maximum absolute atomic E-state index is 12.6. The first-order chi connectivity index (χ1) is 18.8. The summed E-state index contributed by atoms with van der Waals surface area (Å²) < 4.78 is 59.6. The second kappa shape index (κ2) is 11.0. The smallest absolute Gasteiger partial charge is 0.373 e. The molecule has 39 heavy (non-hydrogen) atoms. The monoisotopic (exact) mass is 580 g/mol. The fourth-order valence-corrected chi connectivity index (χ4v) is 6.30. The van der Waals surface area contributed by atoms with Gasteiger partial charge in [0.2, 0.25) is 0 Å². The molecule has 5 heterocycles. The maximum Gasteiger partial charge on any atom is 0.697 e. The number of phosphoric ester groups is 1. The van der Waals surface area contributed by atoms with E-state index in [2.05, 4.69) is 20.3 Å². The van der Waals surface area contributed by atoms with Gasteiger partial charge in [0.25, 0.3) is 5.91 Å². The number of anilines is 1. The minimum Gasteiger partial charge on any atom is -0.373 e. The average Bonchev–Trinajstić information content (AvgIpc) is 3.65. The van der Waals surface area contributed by atoms with Crippen molar-refractivity contribution in [2.75, 3.05) is 25.1 Å². The van der Waals surface area contributed by atoms with E-state index in [0.29, 0.717) is 16.7 Å². The number of nitrogens with one attached hydrogen (secondary N) is 1. The van der Waals surface area contributed by atoms with Crippen molar-refractivity contribution in [1.29, 1.82) is 0 Å². The molecule has 3 saturated heterocycles. The third-order valence-corrected chi connectivity index (χ3v) is 8.28. The highest BCUT2D eigenvalue weighted by Crippen LogP contribution is 2.48. The number of aromatic nitrogens is 4. The van der Waals surface area contributed by atoms with Crippen molar-refractivity contribution in [1.82, 2.24) is 19.5 Å². The van der Waals surface area contributed by atoms with Crippen LogP contribution in [0.15, 0.2) is 43.0 Å². The van der Waals surface area contributed by atoms with Crippen LogP contribution in [0, 0.1) is 0 Å². The lowest BCUT2D eigenvalue weighted by Crippen LogP contribution is -2.28. The molecule has 3 aliphatic rings. The van der Waals surface area contributed by atoms with Crippen LogP contribution < -0.4 is 5.32 Å². The van der Waals surface area contributed by atoms with E-state index in [9.17, 15) is 18.8 Å². The van der Waals surface area contributed by atoms with Crippen LogP contribution in [0.1, 0.15) is 29.4 Å². The number of nitrogens with zero attached hydrogens (tertiary/aromatic N) is 4. The van der Waals surface area contributed by atoms with Crippen LogP contribution in [0.4, 0.5) is 5.82 Å². The highest BCUT2D eigenvalue weighted by molar-refractivity contribution is 7.47. The first-order valence-electron chi connectivity index (χ1n) is 12.1. The highest BCUT2D eigenvalue weighted by Gasteiger charge is 2.46. The average molecular weight is 580 g/mol. The van der Waals surface area contributed by atoms with E-state index in [-0.39, 0.29) is 44.4 Å². The zero-order valence-corrected chi connectivity index (χ0v) is 22.1. The molecule has 3 aromatic rings. The fourth-order valence-electron chi connectivity index (χ4n) is 4.59. The summed E-state index contributed by atoms with van der Waals surface area (Å²) in [6.07, 6.45) is -0.385. The number of carbonyl (C=O) groups excluding carboxylic acids is 1. The number of imidazole rings is 1. The van der Waals surface area contributed by atoms with E-state index < -0.39 is 46.7 Å². The van der Waals surface area contributed by atoms with Crippen LogP contribution in [0.5, 0.6) is 0 Å². The Balaban J connectivity index is 1.22. The molecule has 1 aromatic carbocycles. The second-order valence-corrected chi connectivity index (χ2v) is 11.4. The number of benzene rings is 1. The summed E-state index contributed by atoms with van der Waals surface area (Å²) in [7, 11) is -6.98. The molecule has 17 heteroatoms. The normalized spacial score (nSPS) is 32.6. The summed E-state index contributed by atoms with van der Waals surface area (Å²) in [5, 5.41) is 2.74. The van der Waals surface area contributed by atoms with Crippen LogP contribution in [0.3, 0.4) is 0 Å². The number of phosphoric acid groups is 1. The van der Waals surface area contributed by atoms with Gasteiger partial charge < -0.3 is 19.7 Å². The van der Waals surface area contributed by atoms with Gasteiger partial charge in [-0.15, -0.1) is 9.05 Å². The molecule has 6 rings (SSSR count). The Morgan fingerprint density at radius 2 is 1.92 bits per heavy atom. The molecule has 206 valence electrons. The van der Waals surface area contributed by atoms with Crippen LogP contribution in [0.25, 0.3) is 11.2 Å². The number of fused-ring (bicyclic) bond motifs is 4. The third-order valence-electron chi connectivity index (χ3n) is 6.43. The fraction of sp³-hybridized carbons (Fsp3) is 0.455. The number of amides is 1. The van der Waals surface area contributed by atoms with E-state index in [1.807, 2.05) is 0 Å². The molecule has 15 nitrogen and oxygen atoms in total. The molecule has 2 bridgehead atoms. The first-order valence-corrected chi connectivity index (χ1v) is 14.7. The van der Waals surface area contributed by atoms with Gasteiger partial charge >= 0.3 is 16.1 Å². The molecule has 0 saturated carbocycles. The van der Waals surface area contributed by atoms with Crippen molar-refractivity contribution in [3.8, 4) is 0 Å².